The smallest absolute Gasteiger partial charge is 0.346 e. The molecule has 1 aromatic carbocycles. The Morgan fingerprint density at radius 1 is 1.26 bits per heavy atom. The Kier molecular flexibility index (Phi) is 4.76. The summed E-state index contributed by atoms with van der Waals surface area (Å²) < 4.78 is 8.33. The summed E-state index contributed by atoms with van der Waals surface area (Å²) in [6.45, 7) is 4.24. The van der Waals surface area contributed by atoms with Crippen LogP contribution in [-0.4, -0.2) is 45.4 Å². The largest absolute Gasteiger partial charge is 0.497 e. The number of hydrogen-bond acceptors (Lipinski definition) is 4. The molecular formula is C20H26N4O3. The zero-order valence-corrected chi connectivity index (χ0v) is 15.9. The molecule has 0 bridgehead atoms. The van der Waals surface area contributed by atoms with Gasteiger partial charge in [0.05, 0.1) is 13.7 Å². The van der Waals surface area contributed by atoms with E-state index in [1.165, 1.54) is 4.68 Å². The van der Waals surface area contributed by atoms with E-state index in [-0.39, 0.29) is 17.6 Å². The number of aryl methyl sites for hydroxylation is 3. The lowest BCUT2D eigenvalue weighted by Crippen LogP contribution is -2.52. The third kappa shape index (κ3) is 3.38. The zero-order valence-electron chi connectivity index (χ0n) is 15.9. The van der Waals surface area contributed by atoms with Crippen molar-refractivity contribution < 1.29 is 9.53 Å². The van der Waals surface area contributed by atoms with Crippen LogP contribution in [0, 0.1) is 5.92 Å². The van der Waals surface area contributed by atoms with E-state index in [9.17, 15) is 9.59 Å². The monoisotopic (exact) mass is 370 g/mol. The fourth-order valence-electron chi connectivity index (χ4n) is 4.03. The molecule has 0 spiro atoms. The minimum Gasteiger partial charge on any atom is -0.497 e. The number of carbonyl (C=O) groups is 1. The fourth-order valence-corrected chi connectivity index (χ4v) is 4.03. The van der Waals surface area contributed by atoms with E-state index in [0.717, 1.165) is 49.5 Å². The van der Waals surface area contributed by atoms with Crippen LogP contribution >= 0.6 is 0 Å². The molecule has 27 heavy (non-hydrogen) atoms. The molecule has 1 atom stereocenters. The number of hydrogen-bond donors (Lipinski definition) is 0. The maximum absolute atomic E-state index is 12.9. The minimum absolute atomic E-state index is 0.0749. The molecule has 0 saturated carbocycles. The highest BCUT2D eigenvalue weighted by Crippen LogP contribution is 2.27. The van der Waals surface area contributed by atoms with Crippen molar-refractivity contribution in [3.05, 3.63) is 46.1 Å². The van der Waals surface area contributed by atoms with Crippen molar-refractivity contribution in [1.29, 1.82) is 0 Å². The summed E-state index contributed by atoms with van der Waals surface area (Å²) in [6.07, 6.45) is 3.09. The van der Waals surface area contributed by atoms with E-state index in [1.54, 1.807) is 11.7 Å². The fraction of sp³-hybridized carbons (Fsp3) is 0.550. The SMILES string of the molecule is COc1ccc(CCn2nc3n(c2=O)C(C(=O)N2CC(C)C2)CCC3)cc1. The molecule has 4 rings (SSSR count). The Labute approximate surface area is 158 Å². The van der Waals surface area contributed by atoms with Gasteiger partial charge in [-0.2, -0.15) is 5.10 Å². The van der Waals surface area contributed by atoms with Crippen LogP contribution in [0.4, 0.5) is 0 Å². The highest BCUT2D eigenvalue weighted by atomic mass is 16.5. The molecule has 0 aliphatic carbocycles. The Hall–Kier alpha value is -2.57. The number of nitrogens with zero attached hydrogens (tertiary/aromatic N) is 4. The molecule has 1 amide bonds. The number of carbonyl (C=O) groups excluding carboxylic acids is 1. The maximum Gasteiger partial charge on any atom is 0.346 e. The van der Waals surface area contributed by atoms with Crippen molar-refractivity contribution in [3.63, 3.8) is 0 Å². The van der Waals surface area contributed by atoms with E-state index in [0.29, 0.717) is 18.9 Å². The van der Waals surface area contributed by atoms with Gasteiger partial charge in [0.15, 0.2) is 0 Å². The van der Waals surface area contributed by atoms with Crippen molar-refractivity contribution in [2.75, 3.05) is 20.2 Å². The van der Waals surface area contributed by atoms with Crippen LogP contribution in [0.5, 0.6) is 5.75 Å². The molecule has 7 heteroatoms. The number of likely N-dealkylation sites (tertiary alicyclic amines) is 1. The quantitative estimate of drug-likeness (QED) is 0.803. The van der Waals surface area contributed by atoms with Crippen LogP contribution in [0.15, 0.2) is 29.1 Å². The first-order chi connectivity index (χ1) is 13.1. The van der Waals surface area contributed by atoms with E-state index in [1.807, 2.05) is 29.2 Å². The molecule has 2 aliphatic heterocycles. The van der Waals surface area contributed by atoms with Gasteiger partial charge >= 0.3 is 5.69 Å². The lowest BCUT2D eigenvalue weighted by Gasteiger charge is -2.40. The Bertz CT molecular complexity index is 878. The Morgan fingerprint density at radius 3 is 2.67 bits per heavy atom. The van der Waals surface area contributed by atoms with E-state index < -0.39 is 0 Å². The first kappa shape index (κ1) is 17.8. The van der Waals surface area contributed by atoms with Crippen LogP contribution < -0.4 is 10.4 Å². The van der Waals surface area contributed by atoms with Crippen molar-refractivity contribution in [2.45, 2.75) is 45.2 Å². The van der Waals surface area contributed by atoms with Crippen LogP contribution in [-0.2, 0) is 24.2 Å². The molecule has 0 radical (unpaired) electrons. The summed E-state index contributed by atoms with van der Waals surface area (Å²) in [5, 5.41) is 4.52. The molecule has 2 aliphatic rings. The van der Waals surface area contributed by atoms with E-state index in [4.69, 9.17) is 4.74 Å². The summed E-state index contributed by atoms with van der Waals surface area (Å²) >= 11 is 0. The molecule has 1 fully saturated rings. The standard InChI is InChI=1S/C20H26N4O3/c1-14-12-22(13-14)19(25)17-4-3-5-18-21-23(20(26)24(17)18)11-10-15-6-8-16(27-2)9-7-15/h6-9,14,17H,3-5,10-13H2,1-2H3. The van der Waals surface area contributed by atoms with E-state index in [2.05, 4.69) is 12.0 Å². The third-order valence-corrected chi connectivity index (χ3v) is 5.56. The molecule has 3 heterocycles. The predicted molar refractivity (Wildman–Crippen MR) is 101 cm³/mol. The van der Waals surface area contributed by atoms with Gasteiger partial charge in [-0.1, -0.05) is 19.1 Å². The summed E-state index contributed by atoms with van der Waals surface area (Å²) in [6, 6.07) is 7.44. The number of methoxy groups -OCH3 is 1. The number of fused-ring (bicyclic) bond motifs is 1. The molecule has 1 unspecified atom stereocenters. The first-order valence-electron chi connectivity index (χ1n) is 9.66. The van der Waals surface area contributed by atoms with Gasteiger partial charge in [-0.15, -0.1) is 0 Å². The number of aromatic nitrogens is 3. The zero-order chi connectivity index (χ0) is 19.0. The van der Waals surface area contributed by atoms with Crippen molar-refractivity contribution in [1.82, 2.24) is 19.2 Å². The molecule has 1 saturated heterocycles. The number of benzene rings is 1. The predicted octanol–water partition coefficient (Wildman–Crippen LogP) is 1.65. The average molecular weight is 370 g/mol. The second kappa shape index (κ2) is 7.21. The van der Waals surface area contributed by atoms with Crippen LogP contribution in [0.3, 0.4) is 0 Å². The van der Waals surface area contributed by atoms with Gasteiger partial charge in [-0.3, -0.25) is 9.36 Å². The third-order valence-electron chi connectivity index (χ3n) is 5.56. The molecule has 0 N–H and O–H groups in total. The molecule has 2 aromatic rings. The van der Waals surface area contributed by atoms with E-state index >= 15 is 0 Å². The summed E-state index contributed by atoms with van der Waals surface area (Å²) in [5.74, 6) is 2.19. The lowest BCUT2D eigenvalue weighted by atomic mass is 9.98. The minimum atomic E-state index is -0.386. The van der Waals surface area contributed by atoms with Gasteiger partial charge in [0.1, 0.15) is 17.6 Å². The number of ether oxygens (including phenoxy) is 1. The second-order valence-corrected chi connectivity index (χ2v) is 7.65. The molecule has 7 nitrogen and oxygen atoms in total. The normalized spacial score (nSPS) is 19.5. The Morgan fingerprint density at radius 2 is 2.00 bits per heavy atom. The average Bonchev–Trinajstić information content (AvgIpc) is 2.99. The first-order valence-corrected chi connectivity index (χ1v) is 9.66. The Balaban J connectivity index is 1.50. The van der Waals surface area contributed by atoms with Gasteiger partial charge in [0.25, 0.3) is 0 Å². The van der Waals surface area contributed by atoms with Gasteiger partial charge in [-0.25, -0.2) is 9.48 Å². The van der Waals surface area contributed by atoms with Gasteiger partial charge in [0, 0.05) is 19.5 Å². The summed E-state index contributed by atoms with van der Waals surface area (Å²) in [7, 11) is 1.64. The van der Waals surface area contributed by atoms with Crippen LogP contribution in [0.25, 0.3) is 0 Å². The molecule has 144 valence electrons. The highest BCUT2D eigenvalue weighted by Gasteiger charge is 2.36. The van der Waals surface area contributed by atoms with Gasteiger partial charge in [-0.05, 0) is 42.9 Å². The summed E-state index contributed by atoms with van der Waals surface area (Å²) in [4.78, 5) is 27.6. The van der Waals surface area contributed by atoms with Crippen LogP contribution in [0.2, 0.25) is 0 Å². The summed E-state index contributed by atoms with van der Waals surface area (Å²) in [5.41, 5.74) is 0.959. The molecule has 1 aromatic heterocycles. The topological polar surface area (TPSA) is 69.4 Å². The lowest BCUT2D eigenvalue weighted by molar-refractivity contribution is -0.141. The van der Waals surface area contributed by atoms with Crippen molar-refractivity contribution in [3.8, 4) is 5.75 Å². The molecular weight excluding hydrogens is 344 g/mol. The van der Waals surface area contributed by atoms with Gasteiger partial charge in [0.2, 0.25) is 5.91 Å². The highest BCUT2D eigenvalue weighted by molar-refractivity contribution is 5.81. The van der Waals surface area contributed by atoms with Crippen LogP contribution in [0.1, 0.15) is 37.2 Å². The number of rotatable bonds is 5. The van der Waals surface area contributed by atoms with Crippen molar-refractivity contribution in [2.24, 2.45) is 5.92 Å². The second-order valence-electron chi connectivity index (χ2n) is 7.65. The maximum atomic E-state index is 12.9. The van der Waals surface area contributed by atoms with Gasteiger partial charge < -0.3 is 9.64 Å². The van der Waals surface area contributed by atoms with Crippen molar-refractivity contribution >= 4 is 5.91 Å². The number of amides is 1.